The lowest BCUT2D eigenvalue weighted by atomic mass is 10.2. The van der Waals surface area contributed by atoms with E-state index >= 15 is 0 Å². The van der Waals surface area contributed by atoms with Crippen LogP contribution in [0.5, 0.6) is 0 Å². The van der Waals surface area contributed by atoms with Crippen molar-refractivity contribution >= 4 is 0 Å². The Morgan fingerprint density at radius 3 is 2.94 bits per heavy atom. The molecule has 8 heteroatoms. The Morgan fingerprint density at radius 1 is 1.39 bits per heavy atom. The zero-order valence-corrected chi connectivity index (χ0v) is 10.1. The Balaban J connectivity index is 1.76. The van der Waals surface area contributed by atoms with Crippen molar-refractivity contribution in [2.24, 2.45) is 0 Å². The second-order valence-electron chi connectivity index (χ2n) is 4.25. The summed E-state index contributed by atoms with van der Waals surface area (Å²) in [5.41, 5.74) is 0. The lowest BCUT2D eigenvalue weighted by Crippen LogP contribution is -2.44. The summed E-state index contributed by atoms with van der Waals surface area (Å²) in [5.74, 6) is 1.59. The molecule has 8 nitrogen and oxygen atoms in total. The first-order valence-electron chi connectivity index (χ1n) is 5.98. The fraction of sp³-hybridized carbons (Fsp3) is 0.600. The van der Waals surface area contributed by atoms with Gasteiger partial charge in [-0.1, -0.05) is 5.16 Å². The number of rotatable bonds is 3. The highest BCUT2D eigenvalue weighted by Gasteiger charge is 2.23. The van der Waals surface area contributed by atoms with E-state index in [1.54, 1.807) is 0 Å². The SMILES string of the molecule is CC(c1nc(-c2ncn[nH]2)no1)N1CCNCC1. The van der Waals surface area contributed by atoms with Gasteiger partial charge in [0.15, 0.2) is 5.82 Å². The van der Waals surface area contributed by atoms with Crippen molar-refractivity contribution in [2.45, 2.75) is 13.0 Å². The molecule has 18 heavy (non-hydrogen) atoms. The molecular weight excluding hydrogens is 234 g/mol. The van der Waals surface area contributed by atoms with Crippen LogP contribution in [0.15, 0.2) is 10.9 Å². The average Bonchev–Trinajstić information content (AvgIpc) is 3.09. The molecular formula is C10H15N7O. The Labute approximate surface area is 104 Å². The van der Waals surface area contributed by atoms with Crippen molar-refractivity contribution in [3.05, 3.63) is 12.2 Å². The summed E-state index contributed by atoms with van der Waals surface area (Å²) in [4.78, 5) is 10.7. The summed E-state index contributed by atoms with van der Waals surface area (Å²) in [6.45, 7) is 6.03. The van der Waals surface area contributed by atoms with Gasteiger partial charge in [0.05, 0.1) is 6.04 Å². The van der Waals surface area contributed by atoms with Crippen molar-refractivity contribution in [1.82, 2.24) is 35.5 Å². The van der Waals surface area contributed by atoms with Crippen LogP contribution < -0.4 is 5.32 Å². The molecule has 3 heterocycles. The summed E-state index contributed by atoms with van der Waals surface area (Å²) >= 11 is 0. The number of hydrogen-bond acceptors (Lipinski definition) is 7. The molecule has 0 radical (unpaired) electrons. The molecule has 1 aliphatic rings. The van der Waals surface area contributed by atoms with Crippen LogP contribution in [0.4, 0.5) is 0 Å². The predicted molar refractivity (Wildman–Crippen MR) is 62.5 cm³/mol. The summed E-state index contributed by atoms with van der Waals surface area (Å²) in [5, 5.41) is 13.7. The Kier molecular flexibility index (Phi) is 3.03. The Hall–Kier alpha value is -1.80. The topological polar surface area (TPSA) is 95.8 Å². The van der Waals surface area contributed by atoms with E-state index in [0.717, 1.165) is 26.2 Å². The van der Waals surface area contributed by atoms with Crippen molar-refractivity contribution in [2.75, 3.05) is 26.2 Å². The highest BCUT2D eigenvalue weighted by atomic mass is 16.5. The molecule has 0 amide bonds. The minimum atomic E-state index is 0.122. The highest BCUT2D eigenvalue weighted by molar-refractivity contribution is 5.39. The second kappa shape index (κ2) is 4.83. The molecule has 1 saturated heterocycles. The van der Waals surface area contributed by atoms with Crippen LogP contribution >= 0.6 is 0 Å². The van der Waals surface area contributed by atoms with E-state index in [1.165, 1.54) is 6.33 Å². The van der Waals surface area contributed by atoms with Gasteiger partial charge in [0.2, 0.25) is 11.7 Å². The van der Waals surface area contributed by atoms with E-state index in [2.05, 4.69) is 42.5 Å². The van der Waals surface area contributed by atoms with Gasteiger partial charge in [0, 0.05) is 26.2 Å². The number of nitrogens with zero attached hydrogens (tertiary/aromatic N) is 5. The molecule has 2 aromatic heterocycles. The summed E-state index contributed by atoms with van der Waals surface area (Å²) in [7, 11) is 0. The van der Waals surface area contributed by atoms with Gasteiger partial charge >= 0.3 is 0 Å². The number of hydrogen-bond donors (Lipinski definition) is 2. The number of aromatic nitrogens is 5. The van der Waals surface area contributed by atoms with Gasteiger partial charge < -0.3 is 9.84 Å². The lowest BCUT2D eigenvalue weighted by molar-refractivity contribution is 0.154. The third-order valence-corrected chi connectivity index (χ3v) is 3.13. The van der Waals surface area contributed by atoms with Crippen LogP contribution in [0.3, 0.4) is 0 Å². The fourth-order valence-corrected chi connectivity index (χ4v) is 2.04. The molecule has 0 bridgehead atoms. The van der Waals surface area contributed by atoms with Crippen LogP contribution in [0.1, 0.15) is 18.9 Å². The molecule has 1 atom stereocenters. The summed E-state index contributed by atoms with van der Waals surface area (Å²) < 4.78 is 5.29. The Morgan fingerprint density at radius 2 is 2.22 bits per heavy atom. The van der Waals surface area contributed by atoms with Crippen LogP contribution in [0, 0.1) is 0 Å². The minimum absolute atomic E-state index is 0.122. The van der Waals surface area contributed by atoms with Crippen LogP contribution in [0.25, 0.3) is 11.6 Å². The van der Waals surface area contributed by atoms with E-state index in [0.29, 0.717) is 17.5 Å². The van der Waals surface area contributed by atoms with E-state index in [1.807, 2.05) is 0 Å². The van der Waals surface area contributed by atoms with Gasteiger partial charge in [-0.15, -0.1) is 0 Å². The van der Waals surface area contributed by atoms with Crippen molar-refractivity contribution in [3.8, 4) is 11.6 Å². The molecule has 0 aromatic carbocycles. The maximum Gasteiger partial charge on any atom is 0.244 e. The molecule has 96 valence electrons. The van der Waals surface area contributed by atoms with Crippen molar-refractivity contribution in [3.63, 3.8) is 0 Å². The first-order chi connectivity index (χ1) is 8.84. The third-order valence-electron chi connectivity index (χ3n) is 3.13. The van der Waals surface area contributed by atoms with Gasteiger partial charge in [-0.3, -0.25) is 10.00 Å². The number of H-pyrrole nitrogens is 1. The first kappa shape index (κ1) is 11.3. The largest absolute Gasteiger partial charge is 0.337 e. The minimum Gasteiger partial charge on any atom is -0.337 e. The number of piperazine rings is 1. The smallest absolute Gasteiger partial charge is 0.244 e. The van der Waals surface area contributed by atoms with E-state index in [9.17, 15) is 0 Å². The molecule has 0 aliphatic carbocycles. The van der Waals surface area contributed by atoms with E-state index in [4.69, 9.17) is 4.52 Å². The quantitative estimate of drug-likeness (QED) is 0.779. The standard InChI is InChI=1S/C10H15N7O/c1-7(17-4-2-11-3-5-17)10-14-9(16-18-10)8-12-6-13-15-8/h6-7,11H,2-5H2,1H3,(H,12,13,15). The van der Waals surface area contributed by atoms with Gasteiger partial charge in [-0.25, -0.2) is 4.98 Å². The second-order valence-corrected chi connectivity index (χ2v) is 4.25. The first-order valence-corrected chi connectivity index (χ1v) is 5.98. The normalized spacial score (nSPS) is 18.9. The number of aromatic amines is 1. The maximum atomic E-state index is 5.29. The Bertz CT molecular complexity index is 488. The number of nitrogens with one attached hydrogen (secondary N) is 2. The lowest BCUT2D eigenvalue weighted by Gasteiger charge is -2.30. The molecule has 2 N–H and O–H groups in total. The molecule has 1 aliphatic heterocycles. The van der Waals surface area contributed by atoms with Gasteiger partial charge in [0.1, 0.15) is 6.33 Å². The zero-order valence-electron chi connectivity index (χ0n) is 10.1. The molecule has 2 aromatic rings. The molecule has 0 saturated carbocycles. The zero-order chi connectivity index (χ0) is 12.4. The highest BCUT2D eigenvalue weighted by Crippen LogP contribution is 2.20. The average molecular weight is 249 g/mol. The van der Waals surface area contributed by atoms with Crippen molar-refractivity contribution < 1.29 is 4.52 Å². The molecule has 1 unspecified atom stereocenters. The van der Waals surface area contributed by atoms with E-state index in [-0.39, 0.29) is 6.04 Å². The monoisotopic (exact) mass is 249 g/mol. The fourth-order valence-electron chi connectivity index (χ4n) is 2.04. The summed E-state index contributed by atoms with van der Waals surface area (Å²) in [6, 6.07) is 0.122. The molecule has 3 rings (SSSR count). The molecule has 0 spiro atoms. The predicted octanol–water partition coefficient (Wildman–Crippen LogP) is -0.179. The van der Waals surface area contributed by atoms with Gasteiger partial charge in [0.25, 0.3) is 0 Å². The molecule has 1 fully saturated rings. The maximum absolute atomic E-state index is 5.29. The van der Waals surface area contributed by atoms with Crippen LogP contribution in [-0.2, 0) is 0 Å². The van der Waals surface area contributed by atoms with Gasteiger partial charge in [-0.2, -0.15) is 10.1 Å². The van der Waals surface area contributed by atoms with Gasteiger partial charge in [-0.05, 0) is 6.92 Å². The van der Waals surface area contributed by atoms with Crippen LogP contribution in [0.2, 0.25) is 0 Å². The summed E-state index contributed by atoms with van der Waals surface area (Å²) in [6.07, 6.45) is 1.42. The van der Waals surface area contributed by atoms with Crippen molar-refractivity contribution in [1.29, 1.82) is 0 Å². The van der Waals surface area contributed by atoms with Crippen LogP contribution in [-0.4, -0.2) is 56.4 Å². The van der Waals surface area contributed by atoms with E-state index < -0.39 is 0 Å². The third kappa shape index (κ3) is 2.12.